The molecule has 9 nitrogen and oxygen atoms in total. The third-order valence-electron chi connectivity index (χ3n) is 6.29. The van der Waals surface area contributed by atoms with Crippen molar-refractivity contribution in [3.8, 4) is 0 Å². The molecule has 1 aromatic carbocycles. The van der Waals surface area contributed by atoms with Gasteiger partial charge in [-0.1, -0.05) is 0 Å². The number of imidazole rings is 1. The number of aliphatic hydroxyl groups excluding tert-OH is 1. The van der Waals surface area contributed by atoms with Crippen LogP contribution in [0.25, 0.3) is 22.1 Å². The van der Waals surface area contributed by atoms with Crippen molar-refractivity contribution in [2.45, 2.75) is 32.5 Å². The number of nitrogens with two attached hydrogens (primary N) is 1. The van der Waals surface area contributed by atoms with Crippen LogP contribution in [-0.2, 0) is 6.54 Å². The van der Waals surface area contributed by atoms with E-state index in [-0.39, 0.29) is 18.5 Å². The van der Waals surface area contributed by atoms with E-state index in [9.17, 15) is 14.7 Å². The lowest BCUT2D eigenvalue weighted by atomic mass is 10.1. The highest BCUT2D eigenvalue weighted by atomic mass is 16.3. The molecule has 3 aromatic heterocycles. The number of pyridine rings is 1. The number of β-amino-alcohol motifs (C(OH)–C–C–N with tert-alkyl or cyclic N) is 1. The van der Waals surface area contributed by atoms with Gasteiger partial charge in [0.05, 0.1) is 28.7 Å². The molecule has 32 heavy (non-hydrogen) atoms. The predicted octanol–water partition coefficient (Wildman–Crippen LogP) is 1.87. The number of benzene rings is 1. The Morgan fingerprint density at radius 2 is 2.03 bits per heavy atom. The van der Waals surface area contributed by atoms with Gasteiger partial charge in [-0.15, -0.1) is 0 Å². The molecule has 2 atom stereocenters. The summed E-state index contributed by atoms with van der Waals surface area (Å²) in [5.74, 6) is 0.223. The van der Waals surface area contributed by atoms with Gasteiger partial charge in [-0.05, 0) is 44.2 Å². The van der Waals surface area contributed by atoms with Gasteiger partial charge in [0, 0.05) is 43.0 Å². The van der Waals surface area contributed by atoms with E-state index in [1.165, 1.54) is 6.20 Å². The summed E-state index contributed by atoms with van der Waals surface area (Å²) in [4.78, 5) is 35.5. The van der Waals surface area contributed by atoms with Crippen LogP contribution in [-0.4, -0.2) is 60.1 Å². The van der Waals surface area contributed by atoms with E-state index in [1.54, 1.807) is 23.2 Å². The van der Waals surface area contributed by atoms with Crippen LogP contribution >= 0.6 is 0 Å². The van der Waals surface area contributed by atoms with Crippen molar-refractivity contribution < 1.29 is 14.7 Å². The standard InChI is InChI=1S/C23H24N6O3/c1-3-28-13(2)26-17-10-14(4-5-18(17)28)23(32)27-11-19(20(30)12-27)29-9-7-16-15(21(24)31)6-8-25-22(16)29/h4-10,19-20,30H,3,11-12H2,1-2H3,(H2,24,31)/t19-,20-/m1/s1. The van der Waals surface area contributed by atoms with Gasteiger partial charge in [0.1, 0.15) is 11.5 Å². The minimum Gasteiger partial charge on any atom is -0.389 e. The Morgan fingerprint density at radius 1 is 1.22 bits per heavy atom. The van der Waals surface area contributed by atoms with Gasteiger partial charge < -0.3 is 24.9 Å². The Bertz CT molecular complexity index is 1370. The van der Waals surface area contributed by atoms with Crippen molar-refractivity contribution in [3.05, 3.63) is 59.7 Å². The van der Waals surface area contributed by atoms with E-state index >= 15 is 0 Å². The SMILES string of the molecule is CCn1c(C)nc2cc(C(=O)N3C[C@@H](O)[C@H](n4ccc5c(C(N)=O)ccnc54)C3)ccc21. The van der Waals surface area contributed by atoms with Crippen LogP contribution < -0.4 is 5.73 Å². The Balaban J connectivity index is 1.44. The third-order valence-corrected chi connectivity index (χ3v) is 6.29. The third kappa shape index (κ3) is 3.04. The summed E-state index contributed by atoms with van der Waals surface area (Å²) in [6.45, 7) is 5.36. The van der Waals surface area contributed by atoms with E-state index in [2.05, 4.69) is 21.5 Å². The van der Waals surface area contributed by atoms with Crippen LogP contribution in [0.4, 0.5) is 0 Å². The highest BCUT2D eigenvalue weighted by molar-refractivity contribution is 6.04. The lowest BCUT2D eigenvalue weighted by Crippen LogP contribution is -2.29. The molecular weight excluding hydrogens is 408 g/mol. The van der Waals surface area contributed by atoms with Crippen LogP contribution in [0.1, 0.15) is 39.5 Å². The lowest BCUT2D eigenvalue weighted by Gasteiger charge is -2.18. The second kappa shape index (κ2) is 7.45. The number of hydrogen-bond donors (Lipinski definition) is 2. The van der Waals surface area contributed by atoms with E-state index in [1.807, 2.05) is 29.7 Å². The summed E-state index contributed by atoms with van der Waals surface area (Å²) < 4.78 is 3.92. The van der Waals surface area contributed by atoms with E-state index in [0.717, 1.165) is 23.4 Å². The summed E-state index contributed by atoms with van der Waals surface area (Å²) in [7, 11) is 0. The lowest BCUT2D eigenvalue weighted by molar-refractivity contribution is 0.0764. The molecule has 164 valence electrons. The van der Waals surface area contributed by atoms with Crippen LogP contribution in [0.2, 0.25) is 0 Å². The molecule has 0 unspecified atom stereocenters. The Labute approximate surface area is 184 Å². The zero-order valence-electron chi connectivity index (χ0n) is 17.9. The number of aliphatic hydroxyl groups is 1. The second-order valence-electron chi connectivity index (χ2n) is 8.13. The monoisotopic (exact) mass is 432 g/mol. The van der Waals surface area contributed by atoms with E-state index < -0.39 is 12.0 Å². The van der Waals surface area contributed by atoms with Crippen molar-refractivity contribution in [3.63, 3.8) is 0 Å². The molecule has 4 aromatic rings. The predicted molar refractivity (Wildman–Crippen MR) is 119 cm³/mol. The first kappa shape index (κ1) is 20.2. The maximum Gasteiger partial charge on any atom is 0.254 e. The normalized spacial score (nSPS) is 18.7. The van der Waals surface area contributed by atoms with Gasteiger partial charge in [-0.3, -0.25) is 9.59 Å². The number of carbonyl (C=O) groups excluding carboxylic acids is 2. The van der Waals surface area contributed by atoms with Crippen LogP contribution in [0.5, 0.6) is 0 Å². The van der Waals surface area contributed by atoms with Gasteiger partial charge in [-0.25, -0.2) is 9.97 Å². The van der Waals surface area contributed by atoms with E-state index in [0.29, 0.717) is 28.7 Å². The topological polar surface area (TPSA) is 119 Å². The van der Waals surface area contributed by atoms with Crippen LogP contribution in [0, 0.1) is 6.92 Å². The van der Waals surface area contributed by atoms with Gasteiger partial charge in [0.25, 0.3) is 5.91 Å². The van der Waals surface area contributed by atoms with Crippen molar-refractivity contribution in [1.82, 2.24) is 24.0 Å². The van der Waals surface area contributed by atoms with Crippen molar-refractivity contribution >= 4 is 33.9 Å². The first-order chi connectivity index (χ1) is 15.4. The smallest absolute Gasteiger partial charge is 0.254 e. The fourth-order valence-electron chi connectivity index (χ4n) is 4.71. The number of hydrogen-bond acceptors (Lipinski definition) is 5. The summed E-state index contributed by atoms with van der Waals surface area (Å²) in [6.07, 6.45) is 2.53. The van der Waals surface area contributed by atoms with Crippen LogP contribution in [0.15, 0.2) is 42.7 Å². The molecule has 0 aliphatic carbocycles. The average molecular weight is 432 g/mol. The first-order valence-corrected chi connectivity index (χ1v) is 10.6. The van der Waals surface area contributed by atoms with Crippen molar-refractivity contribution in [2.75, 3.05) is 13.1 Å². The number of aromatic nitrogens is 4. The fraction of sp³-hybridized carbons (Fsp3) is 0.304. The molecule has 9 heteroatoms. The molecule has 0 spiro atoms. The molecule has 1 saturated heterocycles. The first-order valence-electron chi connectivity index (χ1n) is 10.6. The molecule has 0 bridgehead atoms. The molecule has 4 heterocycles. The number of nitrogens with zero attached hydrogens (tertiary/aromatic N) is 5. The Kier molecular flexibility index (Phi) is 4.70. The highest BCUT2D eigenvalue weighted by Crippen LogP contribution is 2.29. The van der Waals surface area contributed by atoms with Crippen molar-refractivity contribution in [1.29, 1.82) is 0 Å². The van der Waals surface area contributed by atoms with Crippen LogP contribution in [0.3, 0.4) is 0 Å². The highest BCUT2D eigenvalue weighted by Gasteiger charge is 2.36. The molecule has 1 aliphatic rings. The zero-order chi connectivity index (χ0) is 22.6. The molecule has 5 rings (SSSR count). The molecule has 1 aliphatic heterocycles. The average Bonchev–Trinajstić information content (AvgIpc) is 3.45. The van der Waals surface area contributed by atoms with Crippen molar-refractivity contribution in [2.24, 2.45) is 5.73 Å². The number of amides is 2. The minimum atomic E-state index is -0.765. The molecule has 1 fully saturated rings. The molecular formula is C23H24N6O3. The maximum atomic E-state index is 13.2. The summed E-state index contributed by atoms with van der Waals surface area (Å²) >= 11 is 0. The quantitative estimate of drug-likeness (QED) is 0.510. The van der Waals surface area contributed by atoms with Gasteiger partial charge in [-0.2, -0.15) is 0 Å². The number of rotatable bonds is 4. The zero-order valence-corrected chi connectivity index (χ0v) is 17.9. The summed E-state index contributed by atoms with van der Waals surface area (Å²) in [5.41, 5.74) is 8.73. The van der Waals surface area contributed by atoms with Gasteiger partial charge in [0.2, 0.25) is 5.91 Å². The van der Waals surface area contributed by atoms with E-state index in [4.69, 9.17) is 5.73 Å². The molecule has 0 radical (unpaired) electrons. The Hall–Kier alpha value is -3.72. The second-order valence-corrected chi connectivity index (χ2v) is 8.13. The summed E-state index contributed by atoms with van der Waals surface area (Å²) in [6, 6.07) is 8.50. The summed E-state index contributed by atoms with van der Waals surface area (Å²) in [5, 5.41) is 11.4. The number of carbonyl (C=O) groups is 2. The number of likely N-dealkylation sites (tertiary alicyclic amines) is 1. The largest absolute Gasteiger partial charge is 0.389 e. The molecule has 3 N–H and O–H groups in total. The van der Waals surface area contributed by atoms with Gasteiger partial charge in [0.15, 0.2) is 0 Å². The molecule has 0 saturated carbocycles. The molecule has 2 amide bonds. The van der Waals surface area contributed by atoms with Gasteiger partial charge >= 0.3 is 0 Å². The minimum absolute atomic E-state index is 0.153. The Morgan fingerprint density at radius 3 is 2.78 bits per heavy atom. The number of primary amides is 1. The number of fused-ring (bicyclic) bond motifs is 2. The fourth-order valence-corrected chi connectivity index (χ4v) is 4.71. The number of aryl methyl sites for hydroxylation is 2. The maximum absolute atomic E-state index is 13.2.